The van der Waals surface area contributed by atoms with Crippen LogP contribution in [0.2, 0.25) is 0 Å². The monoisotopic (exact) mass is 180 g/mol. The number of hydrogen-bond donors (Lipinski definition) is 0. The van der Waals surface area contributed by atoms with E-state index in [1.165, 1.54) is 5.57 Å². The lowest BCUT2D eigenvalue weighted by Crippen LogP contribution is -1.90. The first-order valence-corrected chi connectivity index (χ1v) is 4.95. The first-order valence-electron chi connectivity index (χ1n) is 4.95. The van der Waals surface area contributed by atoms with Crippen LogP contribution in [0, 0.1) is 0 Å². The summed E-state index contributed by atoms with van der Waals surface area (Å²) >= 11 is 0. The van der Waals surface area contributed by atoms with Gasteiger partial charge in [-0.05, 0) is 32.1 Å². The Morgan fingerprint density at radius 1 is 1.62 bits per heavy atom. The molecular formula is C12H17F. The van der Waals surface area contributed by atoms with Gasteiger partial charge in [0.05, 0.1) is 0 Å². The predicted octanol–water partition coefficient (Wildman–Crippen LogP) is 3.96. The molecule has 72 valence electrons. The fourth-order valence-electron chi connectivity index (χ4n) is 1.46. The number of halogens is 1. The van der Waals surface area contributed by atoms with Gasteiger partial charge >= 0.3 is 0 Å². The van der Waals surface area contributed by atoms with Gasteiger partial charge in [-0.25, -0.2) is 4.39 Å². The Morgan fingerprint density at radius 2 is 2.46 bits per heavy atom. The van der Waals surface area contributed by atoms with Crippen molar-refractivity contribution in [2.24, 2.45) is 0 Å². The van der Waals surface area contributed by atoms with Crippen LogP contribution in [0.4, 0.5) is 4.39 Å². The molecule has 0 radical (unpaired) electrons. The standard InChI is InChI=1S/C12H17F/c1-2-3-4-6-11-7-5-8-12(13)10-9-11/h2,7,9-10,12H,1,3-6,8H2. The molecule has 0 aromatic carbocycles. The van der Waals surface area contributed by atoms with Crippen LogP contribution in [0.25, 0.3) is 0 Å². The summed E-state index contributed by atoms with van der Waals surface area (Å²) in [6.45, 7) is 3.68. The molecule has 1 rings (SSSR count). The van der Waals surface area contributed by atoms with E-state index in [2.05, 4.69) is 12.7 Å². The van der Waals surface area contributed by atoms with E-state index in [0.717, 1.165) is 25.7 Å². The number of alkyl halides is 1. The van der Waals surface area contributed by atoms with Crippen molar-refractivity contribution in [3.8, 4) is 0 Å². The van der Waals surface area contributed by atoms with Gasteiger partial charge in [0, 0.05) is 0 Å². The molecule has 0 amide bonds. The molecule has 0 saturated carbocycles. The summed E-state index contributed by atoms with van der Waals surface area (Å²) in [5, 5.41) is 0. The van der Waals surface area contributed by atoms with Crippen molar-refractivity contribution in [2.75, 3.05) is 0 Å². The predicted molar refractivity (Wildman–Crippen MR) is 55.4 cm³/mol. The second-order valence-electron chi connectivity index (χ2n) is 3.41. The maximum atomic E-state index is 12.9. The van der Waals surface area contributed by atoms with Crippen LogP contribution >= 0.6 is 0 Å². The Bertz CT molecular complexity index is 213. The van der Waals surface area contributed by atoms with Gasteiger partial charge in [-0.3, -0.25) is 0 Å². The van der Waals surface area contributed by atoms with Crippen molar-refractivity contribution < 1.29 is 4.39 Å². The lowest BCUT2D eigenvalue weighted by atomic mass is 10.1. The molecular weight excluding hydrogens is 163 g/mol. The van der Waals surface area contributed by atoms with Crippen LogP contribution in [0.15, 0.2) is 36.5 Å². The van der Waals surface area contributed by atoms with E-state index in [1.807, 2.05) is 12.2 Å². The summed E-state index contributed by atoms with van der Waals surface area (Å²) in [4.78, 5) is 0. The summed E-state index contributed by atoms with van der Waals surface area (Å²) in [7, 11) is 0. The summed E-state index contributed by atoms with van der Waals surface area (Å²) in [6.07, 6.45) is 11.7. The molecule has 0 N–H and O–H groups in total. The Labute approximate surface area is 79.8 Å². The Morgan fingerprint density at radius 3 is 3.23 bits per heavy atom. The molecule has 1 unspecified atom stereocenters. The van der Waals surface area contributed by atoms with Crippen LogP contribution in [-0.2, 0) is 0 Å². The normalized spacial score (nSPS) is 22.2. The van der Waals surface area contributed by atoms with E-state index in [1.54, 1.807) is 6.08 Å². The van der Waals surface area contributed by atoms with Crippen molar-refractivity contribution in [1.82, 2.24) is 0 Å². The van der Waals surface area contributed by atoms with Crippen molar-refractivity contribution in [3.05, 3.63) is 36.5 Å². The molecule has 0 aromatic rings. The molecule has 0 aliphatic heterocycles. The first-order chi connectivity index (χ1) is 6.33. The van der Waals surface area contributed by atoms with Gasteiger partial charge in [-0.1, -0.05) is 29.9 Å². The zero-order valence-electron chi connectivity index (χ0n) is 8.01. The average Bonchev–Trinajstić information content (AvgIpc) is 2.32. The molecule has 0 spiro atoms. The van der Waals surface area contributed by atoms with Crippen LogP contribution in [0.3, 0.4) is 0 Å². The second-order valence-corrected chi connectivity index (χ2v) is 3.41. The Balaban J connectivity index is 2.35. The average molecular weight is 180 g/mol. The summed E-state index contributed by atoms with van der Waals surface area (Å²) < 4.78 is 12.9. The van der Waals surface area contributed by atoms with E-state index >= 15 is 0 Å². The molecule has 0 fully saturated rings. The quantitative estimate of drug-likeness (QED) is 0.454. The molecule has 0 nitrogen and oxygen atoms in total. The first kappa shape index (κ1) is 10.2. The number of unbranched alkanes of at least 4 members (excludes halogenated alkanes) is 1. The van der Waals surface area contributed by atoms with E-state index < -0.39 is 6.17 Å². The van der Waals surface area contributed by atoms with Gasteiger partial charge in [-0.15, -0.1) is 6.58 Å². The van der Waals surface area contributed by atoms with Gasteiger partial charge < -0.3 is 0 Å². The zero-order chi connectivity index (χ0) is 9.52. The fraction of sp³-hybridized carbons (Fsp3) is 0.500. The third kappa shape index (κ3) is 4.07. The lowest BCUT2D eigenvalue weighted by Gasteiger charge is -1.98. The second kappa shape index (κ2) is 5.74. The van der Waals surface area contributed by atoms with Gasteiger partial charge in [-0.2, -0.15) is 0 Å². The Kier molecular flexibility index (Phi) is 4.52. The third-order valence-electron chi connectivity index (χ3n) is 2.24. The largest absolute Gasteiger partial charge is 0.243 e. The minimum Gasteiger partial charge on any atom is -0.243 e. The van der Waals surface area contributed by atoms with Crippen molar-refractivity contribution in [3.63, 3.8) is 0 Å². The maximum absolute atomic E-state index is 12.9. The molecule has 0 saturated heterocycles. The highest BCUT2D eigenvalue weighted by molar-refractivity contribution is 5.21. The molecule has 0 heterocycles. The SMILES string of the molecule is C=CCCCC1=CCCC(F)C=C1. The van der Waals surface area contributed by atoms with Gasteiger partial charge in [0.2, 0.25) is 0 Å². The highest BCUT2D eigenvalue weighted by atomic mass is 19.1. The highest BCUT2D eigenvalue weighted by Crippen LogP contribution is 2.17. The fourth-order valence-corrected chi connectivity index (χ4v) is 1.46. The highest BCUT2D eigenvalue weighted by Gasteiger charge is 2.04. The molecule has 13 heavy (non-hydrogen) atoms. The van der Waals surface area contributed by atoms with E-state index in [-0.39, 0.29) is 0 Å². The van der Waals surface area contributed by atoms with Crippen LogP contribution in [0.5, 0.6) is 0 Å². The summed E-state index contributed by atoms with van der Waals surface area (Å²) in [6, 6.07) is 0. The minimum atomic E-state index is -0.742. The van der Waals surface area contributed by atoms with E-state index in [0.29, 0.717) is 6.42 Å². The van der Waals surface area contributed by atoms with Crippen molar-refractivity contribution >= 4 is 0 Å². The molecule has 1 aliphatic carbocycles. The van der Waals surface area contributed by atoms with Crippen LogP contribution in [-0.4, -0.2) is 6.17 Å². The summed E-state index contributed by atoms with van der Waals surface area (Å²) in [5.41, 5.74) is 1.28. The zero-order valence-corrected chi connectivity index (χ0v) is 8.01. The molecule has 1 heteroatoms. The van der Waals surface area contributed by atoms with Crippen molar-refractivity contribution in [1.29, 1.82) is 0 Å². The minimum absolute atomic E-state index is 0.640. The lowest BCUT2D eigenvalue weighted by molar-refractivity contribution is 0.382. The molecule has 1 atom stereocenters. The van der Waals surface area contributed by atoms with Gasteiger partial charge in [0.25, 0.3) is 0 Å². The molecule has 0 bridgehead atoms. The number of hydrogen-bond acceptors (Lipinski definition) is 0. The Hall–Kier alpha value is -0.850. The number of allylic oxidation sites excluding steroid dienone is 5. The third-order valence-corrected chi connectivity index (χ3v) is 2.24. The van der Waals surface area contributed by atoms with Gasteiger partial charge in [0.15, 0.2) is 0 Å². The molecule has 1 aliphatic rings. The smallest absolute Gasteiger partial charge is 0.119 e. The van der Waals surface area contributed by atoms with Crippen LogP contribution in [0.1, 0.15) is 32.1 Å². The maximum Gasteiger partial charge on any atom is 0.119 e. The van der Waals surface area contributed by atoms with E-state index in [9.17, 15) is 4.39 Å². The summed E-state index contributed by atoms with van der Waals surface area (Å²) in [5.74, 6) is 0. The molecule has 0 aromatic heterocycles. The van der Waals surface area contributed by atoms with Crippen LogP contribution < -0.4 is 0 Å². The van der Waals surface area contributed by atoms with E-state index in [4.69, 9.17) is 0 Å². The number of rotatable bonds is 4. The van der Waals surface area contributed by atoms with Crippen molar-refractivity contribution in [2.45, 2.75) is 38.3 Å². The topological polar surface area (TPSA) is 0 Å². The van der Waals surface area contributed by atoms with Gasteiger partial charge in [0.1, 0.15) is 6.17 Å².